The van der Waals surface area contributed by atoms with Crippen LogP contribution in [0.4, 0.5) is 0 Å². The summed E-state index contributed by atoms with van der Waals surface area (Å²) in [6, 6.07) is 7.53. The first-order valence-electron chi connectivity index (χ1n) is 13.7. The van der Waals surface area contributed by atoms with Crippen molar-refractivity contribution in [3.8, 4) is 17.9 Å². The molecule has 1 saturated carbocycles. The van der Waals surface area contributed by atoms with E-state index < -0.39 is 5.97 Å². The molecule has 1 heterocycles. The highest BCUT2D eigenvalue weighted by atomic mass is 16.5. The quantitative estimate of drug-likeness (QED) is 0.226. The number of nitrogens with zero attached hydrogens (tertiary/aromatic N) is 2. The van der Waals surface area contributed by atoms with Gasteiger partial charge in [0.05, 0.1) is 0 Å². The lowest BCUT2D eigenvalue weighted by Crippen LogP contribution is -2.27. The van der Waals surface area contributed by atoms with E-state index in [-0.39, 0.29) is 16.7 Å². The minimum atomic E-state index is -1.09. The zero-order valence-corrected chi connectivity index (χ0v) is 22.8. The molecule has 0 amide bonds. The number of phenolic OH excluding ortho intramolecular Hbond substituents is 1. The molecule has 2 N–H and O–H groups in total. The van der Waals surface area contributed by atoms with E-state index in [4.69, 9.17) is 9.84 Å². The first-order valence-corrected chi connectivity index (χ1v) is 13.7. The number of aliphatic carboxylic acids is 1. The fraction of sp³-hybridized carbons (Fsp3) is 0.324. The van der Waals surface area contributed by atoms with E-state index >= 15 is 0 Å². The Morgan fingerprint density at radius 2 is 1.90 bits per heavy atom. The topological polar surface area (TPSA) is 114 Å². The van der Waals surface area contributed by atoms with Gasteiger partial charge in [0.1, 0.15) is 35.0 Å². The van der Waals surface area contributed by atoms with Gasteiger partial charge in [0.15, 0.2) is 0 Å². The van der Waals surface area contributed by atoms with Gasteiger partial charge in [-0.2, -0.15) is 10.5 Å². The maximum atomic E-state index is 11.2. The van der Waals surface area contributed by atoms with Crippen molar-refractivity contribution in [1.82, 2.24) is 0 Å². The highest BCUT2D eigenvalue weighted by molar-refractivity contribution is 5.86. The number of rotatable bonds is 6. The molecule has 2 bridgehead atoms. The number of hydrogen-bond acceptors (Lipinski definition) is 5. The molecule has 1 aliphatic heterocycles. The van der Waals surface area contributed by atoms with E-state index in [2.05, 4.69) is 19.9 Å². The summed E-state index contributed by atoms with van der Waals surface area (Å²) in [5, 5.41) is 39.0. The van der Waals surface area contributed by atoms with E-state index in [0.29, 0.717) is 34.5 Å². The minimum absolute atomic E-state index is 0.0298. The molecule has 0 radical (unpaired) electrons. The van der Waals surface area contributed by atoms with E-state index in [1.54, 1.807) is 24.3 Å². The molecule has 6 nitrogen and oxygen atoms in total. The highest BCUT2D eigenvalue weighted by Gasteiger charge is 2.42. The van der Waals surface area contributed by atoms with Crippen molar-refractivity contribution in [2.24, 2.45) is 17.3 Å². The van der Waals surface area contributed by atoms with Crippen LogP contribution in [0.1, 0.15) is 62.6 Å². The summed E-state index contributed by atoms with van der Waals surface area (Å²) in [4.78, 5) is 11.2. The molecule has 1 fully saturated rings. The zero-order valence-electron chi connectivity index (χ0n) is 22.8. The largest absolute Gasteiger partial charge is 0.507 e. The summed E-state index contributed by atoms with van der Waals surface area (Å²) in [6.45, 7) is 4.60. The first kappa shape index (κ1) is 27.0. The molecule has 3 unspecified atom stereocenters. The molecule has 1 aromatic rings. The summed E-state index contributed by atoms with van der Waals surface area (Å²) in [5.41, 5.74) is 5.02. The molecule has 4 aliphatic rings. The van der Waals surface area contributed by atoms with Gasteiger partial charge in [-0.05, 0) is 103 Å². The minimum Gasteiger partial charge on any atom is -0.507 e. The Balaban J connectivity index is 1.55. The number of nitriles is 2. The lowest BCUT2D eigenvalue weighted by Gasteiger charge is -2.34. The van der Waals surface area contributed by atoms with Gasteiger partial charge < -0.3 is 14.9 Å². The Labute approximate surface area is 234 Å². The molecule has 5 rings (SSSR count). The average molecular weight is 533 g/mol. The number of fused-ring (bicyclic) bond motifs is 3. The van der Waals surface area contributed by atoms with Gasteiger partial charge in [-0.25, -0.2) is 4.79 Å². The number of hydrogen-bond donors (Lipinski definition) is 2. The van der Waals surface area contributed by atoms with Crippen LogP contribution in [0.25, 0.3) is 12.2 Å². The second kappa shape index (κ2) is 10.9. The lowest BCUT2D eigenvalue weighted by atomic mass is 9.70. The zero-order chi connectivity index (χ0) is 28.4. The number of allylic oxidation sites excluding steroid dienone is 8. The molecule has 6 heteroatoms. The fourth-order valence-electron chi connectivity index (χ4n) is 6.55. The fourth-order valence-corrected chi connectivity index (χ4v) is 6.55. The summed E-state index contributed by atoms with van der Waals surface area (Å²) >= 11 is 0. The Kier molecular flexibility index (Phi) is 7.37. The third-order valence-corrected chi connectivity index (χ3v) is 8.37. The normalized spacial score (nSPS) is 25.2. The number of carboxylic acid groups (broad SMARTS) is 1. The van der Waals surface area contributed by atoms with Gasteiger partial charge in [-0.3, -0.25) is 0 Å². The second-order valence-electron chi connectivity index (χ2n) is 11.5. The Hall–Kier alpha value is -4.55. The van der Waals surface area contributed by atoms with Gasteiger partial charge in [-0.15, -0.1) is 0 Å². The summed E-state index contributed by atoms with van der Waals surface area (Å²) in [7, 11) is 0. The summed E-state index contributed by atoms with van der Waals surface area (Å²) in [6.07, 6.45) is 20.0. The van der Waals surface area contributed by atoms with Gasteiger partial charge in [0, 0.05) is 22.8 Å². The smallest absolute Gasteiger partial charge is 0.328 e. The number of carboxylic acids is 1. The number of phenols is 1. The van der Waals surface area contributed by atoms with E-state index in [1.807, 2.05) is 30.4 Å². The van der Waals surface area contributed by atoms with Gasteiger partial charge in [0.2, 0.25) is 0 Å². The van der Waals surface area contributed by atoms with Crippen molar-refractivity contribution < 1.29 is 19.7 Å². The third-order valence-electron chi connectivity index (χ3n) is 8.37. The van der Waals surface area contributed by atoms with Crippen molar-refractivity contribution in [1.29, 1.82) is 10.5 Å². The van der Waals surface area contributed by atoms with Gasteiger partial charge in [0.25, 0.3) is 0 Å². The molecule has 3 aliphatic carbocycles. The van der Waals surface area contributed by atoms with Crippen LogP contribution in [-0.2, 0) is 16.0 Å². The Morgan fingerprint density at radius 1 is 1.12 bits per heavy atom. The van der Waals surface area contributed by atoms with Crippen LogP contribution in [0.2, 0.25) is 0 Å². The van der Waals surface area contributed by atoms with Crippen molar-refractivity contribution >= 4 is 18.1 Å². The Bertz CT molecular complexity index is 1550. The molecule has 1 aromatic carbocycles. The number of aromatic hydroxyl groups is 1. The number of benzene rings is 1. The summed E-state index contributed by atoms with van der Waals surface area (Å²) in [5.74, 6) is 1.27. The van der Waals surface area contributed by atoms with E-state index in [1.165, 1.54) is 18.1 Å². The average Bonchev–Trinajstić information content (AvgIpc) is 3.15. The predicted molar refractivity (Wildman–Crippen MR) is 153 cm³/mol. The molecule has 0 aromatic heterocycles. The van der Waals surface area contributed by atoms with Crippen LogP contribution in [0.5, 0.6) is 5.75 Å². The van der Waals surface area contributed by atoms with Crippen molar-refractivity contribution in [2.45, 2.75) is 52.4 Å². The number of ether oxygens (including phenoxy) is 1. The Morgan fingerprint density at radius 3 is 2.65 bits per heavy atom. The number of carbonyl (C=O) groups is 1. The monoisotopic (exact) mass is 532 g/mol. The molecular weight excluding hydrogens is 500 g/mol. The molecule has 3 atom stereocenters. The third kappa shape index (κ3) is 5.44. The van der Waals surface area contributed by atoms with Crippen LogP contribution in [0.15, 0.2) is 82.4 Å². The van der Waals surface area contributed by atoms with Crippen LogP contribution in [0.3, 0.4) is 0 Å². The van der Waals surface area contributed by atoms with Crippen molar-refractivity contribution in [3.05, 3.63) is 99.1 Å². The van der Waals surface area contributed by atoms with E-state index in [0.717, 1.165) is 54.9 Å². The SMILES string of the molecule is CC1CC2=CC(C)(Cc3cc(O)c(/C=C/C(=O)O)cc3/C=C/C3=CC(=C(C#N)C#N)C4=CCCC=C4O3)C(C2)C1. The van der Waals surface area contributed by atoms with E-state index in [9.17, 15) is 20.4 Å². The lowest BCUT2D eigenvalue weighted by molar-refractivity contribution is -0.131. The second-order valence-corrected chi connectivity index (χ2v) is 11.5. The standard InChI is InChI=1S/C34H32N2O4/c1-21-11-22-13-27(12-21)34(2,17-22)18-25-15-31(37)24(8-10-33(38)39)14-23(25)7-9-28-16-30(26(19-35)20-36)29-5-3-4-6-32(29)40-28/h5-10,14-17,21,27,37H,3-4,11-13,18H2,1-2H3,(H,38,39)/b9-7+,10-8+. The molecular formula is C34H32N2O4. The highest BCUT2D eigenvalue weighted by Crippen LogP contribution is 2.52. The first-order chi connectivity index (χ1) is 19.2. The maximum absolute atomic E-state index is 11.2. The van der Waals surface area contributed by atoms with Crippen LogP contribution in [-0.4, -0.2) is 16.2 Å². The van der Waals surface area contributed by atoms with Gasteiger partial charge in [-0.1, -0.05) is 37.6 Å². The maximum Gasteiger partial charge on any atom is 0.328 e. The van der Waals surface area contributed by atoms with Crippen LogP contribution < -0.4 is 0 Å². The van der Waals surface area contributed by atoms with Crippen molar-refractivity contribution in [2.75, 3.05) is 0 Å². The van der Waals surface area contributed by atoms with Crippen LogP contribution >= 0.6 is 0 Å². The molecule has 0 saturated heterocycles. The molecule has 202 valence electrons. The van der Waals surface area contributed by atoms with Crippen molar-refractivity contribution in [3.63, 3.8) is 0 Å². The van der Waals surface area contributed by atoms with Crippen LogP contribution in [0, 0.1) is 39.9 Å². The summed E-state index contributed by atoms with van der Waals surface area (Å²) < 4.78 is 6.14. The molecule has 0 spiro atoms. The predicted octanol–water partition coefficient (Wildman–Crippen LogP) is 7.29. The van der Waals surface area contributed by atoms with Gasteiger partial charge >= 0.3 is 5.97 Å². The molecule has 40 heavy (non-hydrogen) atoms.